The maximum absolute atomic E-state index is 6.21. The number of ether oxygens (including phenoxy) is 2. The molecule has 0 aliphatic heterocycles. The average Bonchev–Trinajstić information content (AvgIpc) is 2.50. The summed E-state index contributed by atoms with van der Waals surface area (Å²) >= 11 is 6.21. The highest BCUT2D eigenvalue weighted by molar-refractivity contribution is 6.32. The van der Waals surface area contributed by atoms with E-state index in [4.69, 9.17) is 21.1 Å². The average molecular weight is 306 g/mol. The minimum absolute atomic E-state index is 0.107. The minimum Gasteiger partial charge on any atom is -0.496 e. The van der Waals surface area contributed by atoms with E-state index in [1.807, 2.05) is 49.4 Å². The first-order valence-electron chi connectivity index (χ1n) is 6.97. The summed E-state index contributed by atoms with van der Waals surface area (Å²) in [4.78, 5) is 0. The Bertz CT molecular complexity index is 601. The van der Waals surface area contributed by atoms with Gasteiger partial charge in [0, 0.05) is 11.3 Å². The number of rotatable bonds is 6. The molecule has 2 aromatic rings. The van der Waals surface area contributed by atoms with Crippen LogP contribution in [0.3, 0.4) is 0 Å². The summed E-state index contributed by atoms with van der Waals surface area (Å²) in [6.45, 7) is 4.62. The van der Waals surface area contributed by atoms with Gasteiger partial charge in [-0.1, -0.05) is 29.8 Å². The van der Waals surface area contributed by atoms with Crippen molar-refractivity contribution in [2.75, 3.05) is 19.0 Å². The number of hydrogen-bond donors (Lipinski definition) is 1. The number of nitrogens with one attached hydrogen (secondary N) is 1. The second-order valence-electron chi connectivity index (χ2n) is 4.69. The molecule has 1 atom stereocenters. The Hall–Kier alpha value is -1.87. The Kier molecular flexibility index (Phi) is 5.34. The van der Waals surface area contributed by atoms with Crippen molar-refractivity contribution in [3.8, 4) is 11.5 Å². The van der Waals surface area contributed by atoms with Gasteiger partial charge in [-0.3, -0.25) is 0 Å². The molecule has 21 heavy (non-hydrogen) atoms. The third-order valence-electron chi connectivity index (χ3n) is 3.22. The zero-order valence-electron chi connectivity index (χ0n) is 12.5. The summed E-state index contributed by atoms with van der Waals surface area (Å²) < 4.78 is 10.8. The first-order valence-corrected chi connectivity index (χ1v) is 7.35. The highest BCUT2D eigenvalue weighted by atomic mass is 35.5. The molecule has 0 spiro atoms. The third kappa shape index (κ3) is 3.82. The quantitative estimate of drug-likeness (QED) is 0.821. The van der Waals surface area contributed by atoms with Crippen molar-refractivity contribution >= 4 is 17.3 Å². The molecule has 1 unspecified atom stereocenters. The predicted octanol–water partition coefficient (Wildman–Crippen LogP) is 4.92. The van der Waals surface area contributed by atoms with Gasteiger partial charge in [0.1, 0.15) is 11.5 Å². The molecule has 2 aromatic carbocycles. The Labute approximate surface area is 130 Å². The zero-order valence-corrected chi connectivity index (χ0v) is 13.3. The van der Waals surface area contributed by atoms with E-state index < -0.39 is 0 Å². The summed E-state index contributed by atoms with van der Waals surface area (Å²) in [7, 11) is 1.68. The van der Waals surface area contributed by atoms with Gasteiger partial charge in [0.2, 0.25) is 0 Å². The standard InChI is InChI=1S/C17H20ClNO2/c1-4-21-17-10-9-13(11-15(17)18)19-12(2)14-7-5-6-8-16(14)20-3/h5-12,19H,4H2,1-3H3. The highest BCUT2D eigenvalue weighted by Crippen LogP contribution is 2.31. The lowest BCUT2D eigenvalue weighted by Gasteiger charge is -2.19. The van der Waals surface area contributed by atoms with Crippen LogP contribution in [0, 0.1) is 0 Å². The van der Waals surface area contributed by atoms with Crippen LogP contribution in [0.25, 0.3) is 0 Å². The molecule has 1 N–H and O–H groups in total. The molecule has 112 valence electrons. The van der Waals surface area contributed by atoms with E-state index in [2.05, 4.69) is 12.2 Å². The molecule has 0 saturated carbocycles. The van der Waals surface area contributed by atoms with E-state index >= 15 is 0 Å². The van der Waals surface area contributed by atoms with Crippen molar-refractivity contribution in [2.45, 2.75) is 19.9 Å². The molecule has 0 aromatic heterocycles. The van der Waals surface area contributed by atoms with Crippen molar-refractivity contribution in [2.24, 2.45) is 0 Å². The van der Waals surface area contributed by atoms with Gasteiger partial charge in [-0.05, 0) is 38.1 Å². The molecule has 3 nitrogen and oxygen atoms in total. The molecule has 0 bridgehead atoms. The normalized spacial score (nSPS) is 11.8. The van der Waals surface area contributed by atoms with Crippen LogP contribution >= 0.6 is 11.6 Å². The van der Waals surface area contributed by atoms with E-state index in [-0.39, 0.29) is 6.04 Å². The lowest BCUT2D eigenvalue weighted by molar-refractivity contribution is 0.340. The van der Waals surface area contributed by atoms with Crippen LogP contribution in [0.15, 0.2) is 42.5 Å². The molecular formula is C17H20ClNO2. The van der Waals surface area contributed by atoms with Crippen LogP contribution in [0.5, 0.6) is 11.5 Å². The minimum atomic E-state index is 0.107. The second kappa shape index (κ2) is 7.23. The SMILES string of the molecule is CCOc1ccc(NC(C)c2ccccc2OC)cc1Cl. The Morgan fingerprint density at radius 2 is 1.90 bits per heavy atom. The number of benzene rings is 2. The fraction of sp³-hybridized carbons (Fsp3) is 0.294. The van der Waals surface area contributed by atoms with Crippen LogP contribution in [0.2, 0.25) is 5.02 Å². The van der Waals surface area contributed by atoms with E-state index in [9.17, 15) is 0 Å². The molecule has 0 fully saturated rings. The third-order valence-corrected chi connectivity index (χ3v) is 3.52. The number of hydrogen-bond acceptors (Lipinski definition) is 3. The van der Waals surface area contributed by atoms with Crippen LogP contribution in [-0.4, -0.2) is 13.7 Å². The first-order chi connectivity index (χ1) is 10.2. The number of para-hydroxylation sites is 1. The van der Waals surface area contributed by atoms with Crippen molar-refractivity contribution < 1.29 is 9.47 Å². The Morgan fingerprint density at radius 3 is 2.57 bits per heavy atom. The van der Waals surface area contributed by atoms with E-state index in [1.54, 1.807) is 7.11 Å². The summed E-state index contributed by atoms with van der Waals surface area (Å²) in [5.41, 5.74) is 2.05. The highest BCUT2D eigenvalue weighted by Gasteiger charge is 2.11. The predicted molar refractivity (Wildman–Crippen MR) is 87.7 cm³/mol. The van der Waals surface area contributed by atoms with Gasteiger partial charge in [0.05, 0.1) is 24.8 Å². The number of methoxy groups -OCH3 is 1. The fourth-order valence-electron chi connectivity index (χ4n) is 2.22. The first kappa shape index (κ1) is 15.5. The summed E-state index contributed by atoms with van der Waals surface area (Å²) in [5, 5.41) is 4.03. The second-order valence-corrected chi connectivity index (χ2v) is 5.09. The van der Waals surface area contributed by atoms with Gasteiger partial charge in [-0.15, -0.1) is 0 Å². The van der Waals surface area contributed by atoms with Crippen molar-refractivity contribution in [3.63, 3.8) is 0 Å². The monoisotopic (exact) mass is 305 g/mol. The van der Waals surface area contributed by atoms with Crippen molar-refractivity contribution in [1.82, 2.24) is 0 Å². The molecule has 0 aliphatic carbocycles. The fourth-order valence-corrected chi connectivity index (χ4v) is 2.45. The lowest BCUT2D eigenvalue weighted by atomic mass is 10.1. The Balaban J connectivity index is 2.16. The van der Waals surface area contributed by atoms with Gasteiger partial charge in [-0.25, -0.2) is 0 Å². The smallest absolute Gasteiger partial charge is 0.138 e. The maximum atomic E-state index is 6.21. The van der Waals surface area contributed by atoms with Gasteiger partial charge in [0.25, 0.3) is 0 Å². The molecule has 4 heteroatoms. The van der Waals surface area contributed by atoms with Crippen LogP contribution in [-0.2, 0) is 0 Å². The summed E-state index contributed by atoms with van der Waals surface area (Å²) in [6.07, 6.45) is 0. The molecule has 0 amide bonds. The summed E-state index contributed by atoms with van der Waals surface area (Å²) in [6, 6.07) is 13.8. The lowest BCUT2D eigenvalue weighted by Crippen LogP contribution is -2.08. The van der Waals surface area contributed by atoms with Gasteiger partial charge in [0.15, 0.2) is 0 Å². The largest absolute Gasteiger partial charge is 0.496 e. The molecule has 0 saturated heterocycles. The van der Waals surface area contributed by atoms with Gasteiger partial charge in [-0.2, -0.15) is 0 Å². The van der Waals surface area contributed by atoms with Crippen LogP contribution in [0.4, 0.5) is 5.69 Å². The number of anilines is 1. The van der Waals surface area contributed by atoms with E-state index in [0.29, 0.717) is 17.4 Å². The Morgan fingerprint density at radius 1 is 1.14 bits per heavy atom. The number of halogens is 1. The zero-order chi connectivity index (χ0) is 15.2. The van der Waals surface area contributed by atoms with Crippen LogP contribution in [0.1, 0.15) is 25.5 Å². The molecule has 0 radical (unpaired) electrons. The van der Waals surface area contributed by atoms with E-state index in [0.717, 1.165) is 17.0 Å². The molecule has 0 heterocycles. The molecule has 2 rings (SSSR count). The summed E-state index contributed by atoms with van der Waals surface area (Å²) in [5.74, 6) is 1.57. The van der Waals surface area contributed by atoms with Gasteiger partial charge >= 0.3 is 0 Å². The van der Waals surface area contributed by atoms with Gasteiger partial charge < -0.3 is 14.8 Å². The van der Waals surface area contributed by atoms with Crippen molar-refractivity contribution in [1.29, 1.82) is 0 Å². The molecule has 0 aliphatic rings. The van der Waals surface area contributed by atoms with Crippen molar-refractivity contribution in [3.05, 3.63) is 53.1 Å². The van der Waals surface area contributed by atoms with E-state index in [1.165, 1.54) is 0 Å². The topological polar surface area (TPSA) is 30.5 Å². The molecular weight excluding hydrogens is 286 g/mol. The van der Waals surface area contributed by atoms with Crippen LogP contribution < -0.4 is 14.8 Å². The maximum Gasteiger partial charge on any atom is 0.138 e.